The van der Waals surface area contributed by atoms with Crippen LogP contribution in [0.1, 0.15) is 18.1 Å². The molecule has 0 saturated carbocycles. The monoisotopic (exact) mass is 230 g/mol. The van der Waals surface area contributed by atoms with E-state index in [1.54, 1.807) is 0 Å². The van der Waals surface area contributed by atoms with Crippen LogP contribution in [0.15, 0.2) is 18.2 Å². The highest BCUT2D eigenvalue weighted by molar-refractivity contribution is 5.44. The van der Waals surface area contributed by atoms with Gasteiger partial charge in [0.2, 0.25) is 0 Å². The Morgan fingerprint density at radius 2 is 2.06 bits per heavy atom. The number of nitrogens with zero attached hydrogens (tertiary/aromatic N) is 1. The van der Waals surface area contributed by atoms with Crippen LogP contribution in [0.5, 0.6) is 0 Å². The van der Waals surface area contributed by atoms with Crippen LogP contribution in [0.25, 0.3) is 0 Å². The molecule has 0 bridgehead atoms. The van der Waals surface area contributed by atoms with Crippen molar-refractivity contribution in [3.8, 4) is 0 Å². The summed E-state index contributed by atoms with van der Waals surface area (Å²) in [5.74, 6) is 0. The number of nitrogens with two attached hydrogens (primary N) is 1. The molecule has 0 fully saturated rings. The molecule has 1 aromatic rings. The summed E-state index contributed by atoms with van der Waals surface area (Å²) in [7, 11) is 0. The lowest BCUT2D eigenvalue weighted by Gasteiger charge is -2.23. The van der Waals surface area contributed by atoms with Crippen molar-refractivity contribution in [3.63, 3.8) is 0 Å². The van der Waals surface area contributed by atoms with E-state index in [9.17, 15) is 18.9 Å². The Kier molecular flexibility index (Phi) is 3.23. The van der Waals surface area contributed by atoms with Gasteiger partial charge in [-0.15, -0.1) is 0 Å². The third-order valence-corrected chi connectivity index (χ3v) is 2.48. The summed E-state index contributed by atoms with van der Waals surface area (Å²) in [6.07, 6.45) is -2.78. The minimum Gasteiger partial charge on any atom is -0.317 e. The van der Waals surface area contributed by atoms with Crippen LogP contribution in [0.3, 0.4) is 0 Å². The average Bonchev–Trinajstić information content (AvgIpc) is 2.17. The summed E-state index contributed by atoms with van der Waals surface area (Å²) in [5, 5.41) is 10.6. The molecule has 1 aromatic carbocycles. The molecule has 0 aromatic heterocycles. The van der Waals surface area contributed by atoms with Gasteiger partial charge in [0.05, 0.1) is 10.5 Å². The summed E-state index contributed by atoms with van der Waals surface area (Å²) >= 11 is 0. The van der Waals surface area contributed by atoms with Gasteiger partial charge >= 0.3 is 0 Å². The fraction of sp³-hybridized carbons (Fsp3) is 0.400. The van der Waals surface area contributed by atoms with E-state index in [1.807, 2.05) is 0 Å². The van der Waals surface area contributed by atoms with Crippen LogP contribution in [0, 0.1) is 17.0 Å². The molecular weight excluding hydrogens is 218 g/mol. The zero-order valence-corrected chi connectivity index (χ0v) is 8.91. The van der Waals surface area contributed by atoms with E-state index >= 15 is 0 Å². The molecule has 88 valence electrons. The quantitative estimate of drug-likeness (QED) is 0.640. The number of alkyl halides is 2. The van der Waals surface area contributed by atoms with E-state index in [-0.39, 0.29) is 11.3 Å². The van der Waals surface area contributed by atoms with E-state index in [1.165, 1.54) is 19.1 Å². The molecule has 0 heterocycles. The molecule has 1 unspecified atom stereocenters. The topological polar surface area (TPSA) is 69.2 Å². The van der Waals surface area contributed by atoms with Crippen molar-refractivity contribution < 1.29 is 13.7 Å². The molecule has 1 rings (SSSR count). The maximum Gasteiger partial charge on any atom is 0.272 e. The molecule has 2 N–H and O–H groups in total. The van der Waals surface area contributed by atoms with Gasteiger partial charge in [0.1, 0.15) is 0 Å². The van der Waals surface area contributed by atoms with Gasteiger partial charge in [-0.05, 0) is 19.4 Å². The van der Waals surface area contributed by atoms with Gasteiger partial charge in [-0.1, -0.05) is 12.1 Å². The van der Waals surface area contributed by atoms with Crippen molar-refractivity contribution in [3.05, 3.63) is 39.4 Å². The lowest BCUT2D eigenvalue weighted by atomic mass is 9.92. The van der Waals surface area contributed by atoms with Crippen LogP contribution in [-0.4, -0.2) is 11.3 Å². The van der Waals surface area contributed by atoms with Crippen LogP contribution in [-0.2, 0) is 5.54 Å². The third-order valence-electron chi connectivity index (χ3n) is 2.48. The zero-order chi connectivity index (χ0) is 12.5. The summed E-state index contributed by atoms with van der Waals surface area (Å²) < 4.78 is 25.3. The van der Waals surface area contributed by atoms with E-state index in [4.69, 9.17) is 5.73 Å². The summed E-state index contributed by atoms with van der Waals surface area (Å²) in [6.45, 7) is 2.68. The normalized spacial score (nSPS) is 14.9. The lowest BCUT2D eigenvalue weighted by molar-refractivity contribution is -0.385. The molecule has 0 radical (unpaired) electrons. The van der Waals surface area contributed by atoms with Crippen molar-refractivity contribution in [1.29, 1.82) is 0 Å². The molecule has 1 atom stereocenters. The fourth-order valence-electron chi connectivity index (χ4n) is 1.27. The number of hydrogen-bond donors (Lipinski definition) is 1. The van der Waals surface area contributed by atoms with Gasteiger partial charge < -0.3 is 5.73 Å². The lowest BCUT2D eigenvalue weighted by Crippen LogP contribution is -2.40. The Labute approximate surface area is 91.2 Å². The van der Waals surface area contributed by atoms with E-state index < -0.39 is 16.9 Å². The van der Waals surface area contributed by atoms with E-state index in [0.29, 0.717) is 5.56 Å². The number of nitro benzene ring substituents is 1. The van der Waals surface area contributed by atoms with E-state index in [0.717, 1.165) is 13.0 Å². The highest BCUT2D eigenvalue weighted by Crippen LogP contribution is 2.29. The number of halogens is 2. The number of hydrogen-bond acceptors (Lipinski definition) is 3. The molecule has 0 aliphatic carbocycles. The van der Waals surface area contributed by atoms with Gasteiger partial charge in [0.15, 0.2) is 0 Å². The first-order chi connectivity index (χ1) is 7.26. The molecule has 16 heavy (non-hydrogen) atoms. The van der Waals surface area contributed by atoms with Crippen molar-refractivity contribution in [2.75, 3.05) is 0 Å². The number of nitro groups is 1. The third kappa shape index (κ3) is 2.16. The molecule has 6 heteroatoms. The summed E-state index contributed by atoms with van der Waals surface area (Å²) in [6, 6.07) is 3.90. The Morgan fingerprint density at radius 1 is 1.50 bits per heavy atom. The predicted molar refractivity (Wildman–Crippen MR) is 55.4 cm³/mol. The van der Waals surface area contributed by atoms with Crippen LogP contribution in [0.4, 0.5) is 14.5 Å². The van der Waals surface area contributed by atoms with Crippen molar-refractivity contribution in [2.45, 2.75) is 25.8 Å². The summed E-state index contributed by atoms with van der Waals surface area (Å²) in [4.78, 5) is 10.0. The highest BCUT2D eigenvalue weighted by Gasteiger charge is 2.33. The fourth-order valence-corrected chi connectivity index (χ4v) is 1.27. The zero-order valence-electron chi connectivity index (χ0n) is 8.91. The molecule has 0 aliphatic rings. The first-order valence-electron chi connectivity index (χ1n) is 4.59. The Bertz CT molecular complexity index is 419. The van der Waals surface area contributed by atoms with Gasteiger partial charge in [-0.25, -0.2) is 8.78 Å². The maximum atomic E-state index is 12.6. The molecule has 0 amide bonds. The molecular formula is C10H12F2N2O2. The van der Waals surface area contributed by atoms with Gasteiger partial charge in [0.25, 0.3) is 12.1 Å². The largest absolute Gasteiger partial charge is 0.317 e. The minimum atomic E-state index is -2.78. The SMILES string of the molecule is Cc1ccc(C(C)(N)C(F)F)cc1[N+](=O)[O-]. The van der Waals surface area contributed by atoms with Gasteiger partial charge in [-0.2, -0.15) is 0 Å². The second-order valence-corrected chi connectivity index (χ2v) is 3.84. The van der Waals surface area contributed by atoms with Crippen LogP contribution in [0.2, 0.25) is 0 Å². The van der Waals surface area contributed by atoms with Crippen molar-refractivity contribution in [2.24, 2.45) is 5.73 Å². The molecule has 0 spiro atoms. The smallest absolute Gasteiger partial charge is 0.272 e. The van der Waals surface area contributed by atoms with E-state index in [2.05, 4.69) is 0 Å². The van der Waals surface area contributed by atoms with Gasteiger partial charge in [0, 0.05) is 11.6 Å². The standard InChI is InChI=1S/C10H12F2N2O2/c1-6-3-4-7(5-8(6)14(15)16)10(2,13)9(11)12/h3-5,9H,13H2,1-2H3. The summed E-state index contributed by atoms with van der Waals surface area (Å²) in [5.41, 5.74) is 3.82. The second-order valence-electron chi connectivity index (χ2n) is 3.84. The number of benzene rings is 1. The molecule has 0 aliphatic heterocycles. The predicted octanol–water partition coefficient (Wildman–Crippen LogP) is 2.34. The number of aryl methyl sites for hydroxylation is 1. The highest BCUT2D eigenvalue weighted by atomic mass is 19.3. The average molecular weight is 230 g/mol. The first-order valence-corrected chi connectivity index (χ1v) is 4.59. The number of rotatable bonds is 3. The Morgan fingerprint density at radius 3 is 2.50 bits per heavy atom. The van der Waals surface area contributed by atoms with Crippen LogP contribution >= 0.6 is 0 Å². The Balaban J connectivity index is 3.28. The van der Waals surface area contributed by atoms with Crippen LogP contribution < -0.4 is 5.73 Å². The van der Waals surface area contributed by atoms with Gasteiger partial charge in [-0.3, -0.25) is 10.1 Å². The van der Waals surface area contributed by atoms with Crippen molar-refractivity contribution in [1.82, 2.24) is 0 Å². The van der Waals surface area contributed by atoms with Crippen molar-refractivity contribution >= 4 is 5.69 Å². The first kappa shape index (κ1) is 12.5. The molecule has 0 saturated heterocycles. The Hall–Kier alpha value is -1.56. The molecule has 4 nitrogen and oxygen atoms in total. The minimum absolute atomic E-state index is 0.0554. The second kappa shape index (κ2) is 4.13. The maximum absolute atomic E-state index is 12.6.